The van der Waals surface area contributed by atoms with Gasteiger partial charge in [0.05, 0.1) is 9.26 Å². The second-order valence-corrected chi connectivity index (χ2v) is 4.21. The summed E-state index contributed by atoms with van der Waals surface area (Å²) < 4.78 is 2.04. The molecule has 2 N–H and O–H groups in total. The minimum absolute atomic E-state index is 0.735. The van der Waals surface area contributed by atoms with Crippen molar-refractivity contribution in [3.05, 3.63) is 20.2 Å². The topological polar surface area (TPSA) is 26.0 Å². The number of nitrogens with two attached hydrogens (primary N) is 1. The standard InChI is InChI=1S/C6H5BrINS/c7-3-1-2-4(10)6(9)5(3)8/h1-2,10H,9H2. The maximum Gasteiger partial charge on any atom is 0.0596 e. The smallest absolute Gasteiger partial charge is 0.0596 e. The van der Waals surface area contributed by atoms with Crippen molar-refractivity contribution in [3.8, 4) is 0 Å². The van der Waals surface area contributed by atoms with Gasteiger partial charge in [-0.25, -0.2) is 0 Å². The highest BCUT2D eigenvalue weighted by Crippen LogP contribution is 2.29. The van der Waals surface area contributed by atoms with Crippen LogP contribution in [0.5, 0.6) is 0 Å². The van der Waals surface area contributed by atoms with Gasteiger partial charge in [-0.2, -0.15) is 0 Å². The lowest BCUT2D eigenvalue weighted by atomic mass is 10.3. The lowest BCUT2D eigenvalue weighted by molar-refractivity contribution is 1.42. The van der Waals surface area contributed by atoms with Crippen molar-refractivity contribution in [1.82, 2.24) is 0 Å². The molecule has 0 atom stereocenters. The van der Waals surface area contributed by atoms with Crippen LogP contribution in [0, 0.1) is 3.57 Å². The molecular formula is C6H5BrINS. The summed E-state index contributed by atoms with van der Waals surface area (Å²) >= 11 is 9.70. The summed E-state index contributed by atoms with van der Waals surface area (Å²) in [5.41, 5.74) is 6.40. The van der Waals surface area contributed by atoms with E-state index >= 15 is 0 Å². The van der Waals surface area contributed by atoms with Crippen LogP contribution in [-0.2, 0) is 0 Å². The maximum absolute atomic E-state index is 5.67. The third-order valence-corrected chi connectivity index (χ3v) is 4.06. The minimum Gasteiger partial charge on any atom is -0.397 e. The van der Waals surface area contributed by atoms with E-state index in [0.29, 0.717) is 0 Å². The lowest BCUT2D eigenvalue weighted by Gasteiger charge is -2.02. The van der Waals surface area contributed by atoms with Crippen LogP contribution in [0.1, 0.15) is 0 Å². The Morgan fingerprint density at radius 1 is 1.50 bits per heavy atom. The number of anilines is 1. The monoisotopic (exact) mass is 329 g/mol. The average Bonchev–Trinajstić information content (AvgIpc) is 1.93. The molecule has 4 heteroatoms. The summed E-state index contributed by atoms with van der Waals surface area (Å²) in [6.07, 6.45) is 0. The van der Waals surface area contributed by atoms with Gasteiger partial charge >= 0.3 is 0 Å². The highest BCUT2D eigenvalue weighted by molar-refractivity contribution is 14.1. The molecule has 1 rings (SSSR count). The Balaban J connectivity index is 3.34. The number of nitrogen functional groups attached to an aromatic ring is 1. The molecule has 0 radical (unpaired) electrons. The Bertz CT molecular complexity index is 237. The minimum atomic E-state index is 0.735. The molecule has 0 heterocycles. The fraction of sp³-hybridized carbons (Fsp3) is 0. The Morgan fingerprint density at radius 2 is 2.10 bits per heavy atom. The van der Waals surface area contributed by atoms with Gasteiger partial charge in [0, 0.05) is 9.37 Å². The highest BCUT2D eigenvalue weighted by atomic mass is 127. The fourth-order valence-corrected chi connectivity index (χ4v) is 1.77. The number of halogens is 2. The van der Waals surface area contributed by atoms with Crippen LogP contribution in [0.25, 0.3) is 0 Å². The van der Waals surface area contributed by atoms with E-state index in [1.54, 1.807) is 0 Å². The number of rotatable bonds is 0. The Kier molecular flexibility index (Phi) is 2.88. The lowest BCUT2D eigenvalue weighted by Crippen LogP contribution is -1.91. The van der Waals surface area contributed by atoms with Crippen LogP contribution in [0.15, 0.2) is 21.5 Å². The largest absolute Gasteiger partial charge is 0.397 e. The second-order valence-electron chi connectivity index (χ2n) is 1.79. The van der Waals surface area contributed by atoms with Crippen molar-refractivity contribution >= 4 is 56.8 Å². The zero-order valence-corrected chi connectivity index (χ0v) is 9.57. The van der Waals surface area contributed by atoms with Crippen LogP contribution in [0.2, 0.25) is 0 Å². The molecule has 0 aromatic heterocycles. The van der Waals surface area contributed by atoms with Crippen LogP contribution in [0.4, 0.5) is 5.69 Å². The van der Waals surface area contributed by atoms with E-state index in [1.165, 1.54) is 0 Å². The molecule has 1 aromatic carbocycles. The number of hydrogen-bond acceptors (Lipinski definition) is 2. The first-order chi connectivity index (χ1) is 4.63. The molecule has 0 amide bonds. The molecule has 0 fully saturated rings. The quantitative estimate of drug-likeness (QED) is 0.427. The van der Waals surface area contributed by atoms with Crippen molar-refractivity contribution in [2.45, 2.75) is 4.90 Å². The molecule has 0 aliphatic carbocycles. The van der Waals surface area contributed by atoms with Gasteiger partial charge < -0.3 is 5.73 Å². The number of thiol groups is 1. The molecule has 10 heavy (non-hydrogen) atoms. The summed E-state index contributed by atoms with van der Waals surface area (Å²) in [4.78, 5) is 0.826. The van der Waals surface area contributed by atoms with Crippen molar-refractivity contribution < 1.29 is 0 Å². The van der Waals surface area contributed by atoms with E-state index in [1.807, 2.05) is 12.1 Å². The summed E-state index contributed by atoms with van der Waals surface area (Å²) in [5, 5.41) is 0. The summed E-state index contributed by atoms with van der Waals surface area (Å²) in [6.45, 7) is 0. The first-order valence-corrected chi connectivity index (χ1v) is 4.87. The average molecular weight is 330 g/mol. The molecule has 54 valence electrons. The predicted molar refractivity (Wildman–Crippen MR) is 58.5 cm³/mol. The van der Waals surface area contributed by atoms with Gasteiger partial charge in [-0.05, 0) is 50.7 Å². The van der Waals surface area contributed by atoms with Gasteiger partial charge in [-0.15, -0.1) is 12.6 Å². The Hall–Kier alpha value is 0.580. The van der Waals surface area contributed by atoms with E-state index in [9.17, 15) is 0 Å². The molecule has 0 saturated carbocycles. The van der Waals surface area contributed by atoms with Crippen molar-refractivity contribution in [3.63, 3.8) is 0 Å². The SMILES string of the molecule is Nc1c(S)ccc(Br)c1I. The van der Waals surface area contributed by atoms with Crippen molar-refractivity contribution in [1.29, 1.82) is 0 Å². The molecule has 1 nitrogen and oxygen atoms in total. The van der Waals surface area contributed by atoms with Gasteiger partial charge in [-0.3, -0.25) is 0 Å². The number of hydrogen-bond donors (Lipinski definition) is 2. The molecule has 0 saturated heterocycles. The molecular weight excluding hydrogens is 325 g/mol. The van der Waals surface area contributed by atoms with Gasteiger partial charge in [0.25, 0.3) is 0 Å². The van der Waals surface area contributed by atoms with Crippen LogP contribution < -0.4 is 5.73 Å². The van der Waals surface area contributed by atoms with Gasteiger partial charge in [0.15, 0.2) is 0 Å². The molecule has 1 aromatic rings. The third kappa shape index (κ3) is 1.60. The molecule has 0 spiro atoms. The summed E-state index contributed by atoms with van der Waals surface area (Å²) in [7, 11) is 0. The Labute approximate surface area is 87.1 Å². The van der Waals surface area contributed by atoms with Gasteiger partial charge in [-0.1, -0.05) is 0 Å². The normalized spacial score (nSPS) is 9.90. The third-order valence-electron chi connectivity index (χ3n) is 1.11. The second kappa shape index (κ2) is 3.32. The zero-order chi connectivity index (χ0) is 7.72. The van der Waals surface area contributed by atoms with Crippen LogP contribution in [-0.4, -0.2) is 0 Å². The van der Waals surface area contributed by atoms with Crippen molar-refractivity contribution in [2.24, 2.45) is 0 Å². The van der Waals surface area contributed by atoms with Crippen LogP contribution in [0.3, 0.4) is 0 Å². The summed E-state index contributed by atoms with van der Waals surface area (Å²) in [5.74, 6) is 0. The van der Waals surface area contributed by atoms with Crippen LogP contribution >= 0.6 is 51.1 Å². The maximum atomic E-state index is 5.67. The first kappa shape index (κ1) is 8.67. The molecule has 0 aliphatic heterocycles. The van der Waals surface area contributed by atoms with Crippen molar-refractivity contribution in [2.75, 3.05) is 5.73 Å². The predicted octanol–water partition coefficient (Wildman–Crippen LogP) is 2.92. The molecule has 0 unspecified atom stereocenters. The van der Waals surface area contributed by atoms with E-state index in [-0.39, 0.29) is 0 Å². The van der Waals surface area contributed by atoms with E-state index in [0.717, 1.165) is 18.6 Å². The number of benzene rings is 1. The van der Waals surface area contributed by atoms with E-state index < -0.39 is 0 Å². The molecule has 0 aliphatic rings. The highest BCUT2D eigenvalue weighted by Gasteiger charge is 2.02. The van der Waals surface area contributed by atoms with Gasteiger partial charge in [0.1, 0.15) is 0 Å². The fourth-order valence-electron chi connectivity index (χ4n) is 0.556. The van der Waals surface area contributed by atoms with E-state index in [2.05, 4.69) is 51.1 Å². The summed E-state index contributed by atoms with van der Waals surface area (Å²) in [6, 6.07) is 3.80. The van der Waals surface area contributed by atoms with E-state index in [4.69, 9.17) is 5.73 Å². The Morgan fingerprint density at radius 3 is 2.60 bits per heavy atom. The first-order valence-electron chi connectivity index (χ1n) is 2.55. The zero-order valence-electron chi connectivity index (χ0n) is 4.94. The molecule has 0 bridgehead atoms. The van der Waals surface area contributed by atoms with Gasteiger partial charge in [0.2, 0.25) is 0 Å².